The summed E-state index contributed by atoms with van der Waals surface area (Å²) in [6.45, 7) is 0. The zero-order valence-corrected chi connectivity index (χ0v) is 9.99. The Morgan fingerprint density at radius 1 is 0.650 bits per heavy atom. The highest BCUT2D eigenvalue weighted by molar-refractivity contribution is 5.85. The van der Waals surface area contributed by atoms with Gasteiger partial charge in [-0.1, -0.05) is 0 Å². The summed E-state index contributed by atoms with van der Waals surface area (Å²) < 4.78 is 0. The van der Waals surface area contributed by atoms with Crippen LogP contribution in [0.5, 0.6) is 0 Å². The minimum absolute atomic E-state index is 0.568. The van der Waals surface area contributed by atoms with Gasteiger partial charge in [0.2, 0.25) is 0 Å². The van der Waals surface area contributed by atoms with E-state index in [9.17, 15) is 0 Å². The molecule has 0 spiro atoms. The first-order valence-electron chi connectivity index (χ1n) is 5.72. The van der Waals surface area contributed by atoms with Gasteiger partial charge in [-0.05, 0) is 0 Å². The van der Waals surface area contributed by atoms with E-state index >= 15 is 0 Å². The van der Waals surface area contributed by atoms with Gasteiger partial charge in [0.05, 0.1) is 12.7 Å². The summed E-state index contributed by atoms with van der Waals surface area (Å²) in [5, 5.41) is 0. The van der Waals surface area contributed by atoms with Crippen LogP contribution in [0, 0.1) is 0 Å². The predicted octanol–water partition coefficient (Wildman–Crippen LogP) is 0.458. The molecule has 20 heavy (non-hydrogen) atoms. The van der Waals surface area contributed by atoms with Crippen LogP contribution in [0.15, 0.2) is 25.3 Å². The Kier molecular flexibility index (Phi) is 2.18. The molecule has 10 heteroatoms. The molecule has 0 amide bonds. The molecule has 0 saturated carbocycles. The Balaban J connectivity index is 1.67. The molecule has 0 atom stereocenters. The standard InChI is InChI=1S/C10H8N10/c1-11-5-7(13-1)15-3-17-9(5)19-20-10-6-8(14-2-12-6)16-4-18-10/h1-4H,(H2,11,13,15,17,19)(H2,12,14,16,18,20). The summed E-state index contributed by atoms with van der Waals surface area (Å²) in [7, 11) is 0. The Labute approximate surface area is 111 Å². The van der Waals surface area contributed by atoms with Gasteiger partial charge >= 0.3 is 0 Å². The number of hydrogen-bond donors (Lipinski definition) is 4. The number of imidazole rings is 2. The second-order valence-corrected chi connectivity index (χ2v) is 3.90. The molecule has 0 bridgehead atoms. The number of aromatic amines is 2. The third-order valence-corrected chi connectivity index (χ3v) is 2.75. The third kappa shape index (κ3) is 1.59. The first-order valence-corrected chi connectivity index (χ1v) is 5.72. The van der Waals surface area contributed by atoms with E-state index in [4.69, 9.17) is 0 Å². The summed E-state index contributed by atoms with van der Waals surface area (Å²) in [6, 6.07) is 0. The lowest BCUT2D eigenvalue weighted by Crippen LogP contribution is -2.12. The van der Waals surface area contributed by atoms with Crippen molar-refractivity contribution in [2.75, 3.05) is 10.9 Å². The molecule has 0 unspecified atom stereocenters. The number of H-pyrrole nitrogens is 2. The second-order valence-electron chi connectivity index (χ2n) is 3.90. The highest BCUT2D eigenvalue weighted by Crippen LogP contribution is 2.17. The van der Waals surface area contributed by atoms with E-state index in [1.165, 1.54) is 12.7 Å². The molecule has 0 fully saturated rings. The van der Waals surface area contributed by atoms with Crippen molar-refractivity contribution in [3.8, 4) is 0 Å². The molecule has 4 heterocycles. The molecule has 98 valence electrons. The highest BCUT2D eigenvalue weighted by Gasteiger charge is 2.08. The van der Waals surface area contributed by atoms with E-state index in [-0.39, 0.29) is 0 Å². The number of nitrogens with one attached hydrogen (secondary N) is 4. The number of hydrazine groups is 1. The van der Waals surface area contributed by atoms with E-state index < -0.39 is 0 Å². The van der Waals surface area contributed by atoms with Crippen molar-refractivity contribution >= 4 is 34.0 Å². The summed E-state index contributed by atoms with van der Waals surface area (Å²) in [6.07, 6.45) is 5.97. The molecule has 4 N–H and O–H groups in total. The molecule has 10 nitrogen and oxygen atoms in total. The van der Waals surface area contributed by atoms with Crippen LogP contribution >= 0.6 is 0 Å². The first-order chi connectivity index (χ1) is 9.92. The van der Waals surface area contributed by atoms with Crippen molar-refractivity contribution in [3.05, 3.63) is 25.3 Å². The van der Waals surface area contributed by atoms with E-state index in [1.54, 1.807) is 12.7 Å². The number of anilines is 2. The maximum Gasteiger partial charge on any atom is 0.182 e. The third-order valence-electron chi connectivity index (χ3n) is 2.75. The zero-order chi connectivity index (χ0) is 13.4. The van der Waals surface area contributed by atoms with E-state index in [0.29, 0.717) is 34.0 Å². The largest absolute Gasteiger partial charge is 0.340 e. The summed E-state index contributed by atoms with van der Waals surface area (Å²) in [5.74, 6) is 1.14. The lowest BCUT2D eigenvalue weighted by molar-refractivity contribution is 1.15. The fourth-order valence-corrected chi connectivity index (χ4v) is 1.84. The maximum absolute atomic E-state index is 4.14. The summed E-state index contributed by atoms with van der Waals surface area (Å²) in [5.41, 5.74) is 8.49. The minimum atomic E-state index is 0.568. The van der Waals surface area contributed by atoms with Crippen molar-refractivity contribution in [2.45, 2.75) is 0 Å². The topological polar surface area (TPSA) is 133 Å². The van der Waals surface area contributed by atoms with Gasteiger partial charge < -0.3 is 9.97 Å². The van der Waals surface area contributed by atoms with Crippen LogP contribution in [0.2, 0.25) is 0 Å². The smallest absolute Gasteiger partial charge is 0.182 e. The normalized spacial score (nSPS) is 11.0. The van der Waals surface area contributed by atoms with E-state index in [1.807, 2.05) is 0 Å². The Bertz CT molecular complexity index is 804. The molecule has 0 aliphatic rings. The molecule has 4 aromatic heterocycles. The summed E-state index contributed by atoms with van der Waals surface area (Å²) in [4.78, 5) is 30.4. The van der Waals surface area contributed by atoms with Crippen LogP contribution in [0.3, 0.4) is 0 Å². The van der Waals surface area contributed by atoms with Crippen LogP contribution in [0.1, 0.15) is 0 Å². The van der Waals surface area contributed by atoms with Crippen LogP contribution in [-0.2, 0) is 0 Å². The molecule has 4 aromatic rings. The number of rotatable bonds is 3. The molecule has 0 saturated heterocycles. The molecular weight excluding hydrogens is 260 g/mol. The zero-order valence-electron chi connectivity index (χ0n) is 9.99. The van der Waals surface area contributed by atoms with Gasteiger partial charge in [-0.3, -0.25) is 10.9 Å². The van der Waals surface area contributed by atoms with Crippen LogP contribution in [0.25, 0.3) is 22.3 Å². The molecule has 0 aliphatic heterocycles. The monoisotopic (exact) mass is 268 g/mol. The van der Waals surface area contributed by atoms with E-state index in [2.05, 4.69) is 50.7 Å². The van der Waals surface area contributed by atoms with Gasteiger partial charge in [-0.15, -0.1) is 0 Å². The van der Waals surface area contributed by atoms with Crippen molar-refractivity contribution in [3.63, 3.8) is 0 Å². The molecule has 4 rings (SSSR count). The second kappa shape index (κ2) is 4.12. The average molecular weight is 268 g/mol. The molecule has 0 radical (unpaired) electrons. The molecule has 0 aromatic carbocycles. The summed E-state index contributed by atoms with van der Waals surface area (Å²) >= 11 is 0. The van der Waals surface area contributed by atoms with Crippen molar-refractivity contribution in [1.82, 2.24) is 39.9 Å². The number of fused-ring (bicyclic) bond motifs is 2. The van der Waals surface area contributed by atoms with Gasteiger partial charge in [0.25, 0.3) is 0 Å². The van der Waals surface area contributed by atoms with Crippen LogP contribution in [-0.4, -0.2) is 39.9 Å². The lowest BCUT2D eigenvalue weighted by atomic mass is 10.5. The maximum atomic E-state index is 4.14. The number of nitrogens with zero attached hydrogens (tertiary/aromatic N) is 6. The number of hydrogen-bond acceptors (Lipinski definition) is 8. The average Bonchev–Trinajstić information content (AvgIpc) is 3.13. The fraction of sp³-hybridized carbons (Fsp3) is 0. The predicted molar refractivity (Wildman–Crippen MR) is 70.6 cm³/mol. The van der Waals surface area contributed by atoms with Gasteiger partial charge in [0.15, 0.2) is 22.9 Å². The minimum Gasteiger partial charge on any atom is -0.340 e. The van der Waals surface area contributed by atoms with Crippen molar-refractivity contribution in [1.29, 1.82) is 0 Å². The number of aromatic nitrogens is 8. The van der Waals surface area contributed by atoms with Crippen molar-refractivity contribution in [2.24, 2.45) is 0 Å². The molecular formula is C10H8N10. The van der Waals surface area contributed by atoms with E-state index in [0.717, 1.165) is 0 Å². The Morgan fingerprint density at radius 3 is 1.65 bits per heavy atom. The Morgan fingerprint density at radius 2 is 1.15 bits per heavy atom. The molecule has 0 aliphatic carbocycles. The van der Waals surface area contributed by atoms with Gasteiger partial charge in [0.1, 0.15) is 23.7 Å². The fourth-order valence-electron chi connectivity index (χ4n) is 1.84. The van der Waals surface area contributed by atoms with Crippen LogP contribution in [0.4, 0.5) is 11.6 Å². The Hall–Kier alpha value is -3.30. The quantitative estimate of drug-likeness (QED) is 0.394. The van der Waals surface area contributed by atoms with Gasteiger partial charge in [-0.2, -0.15) is 0 Å². The lowest BCUT2D eigenvalue weighted by Gasteiger charge is -2.08. The first kappa shape index (κ1) is 10.6. The SMILES string of the molecule is c1nc(NNc2ncnc3nc[nH]c23)c2[nH]cnc2n1. The van der Waals surface area contributed by atoms with Gasteiger partial charge in [-0.25, -0.2) is 29.9 Å². The van der Waals surface area contributed by atoms with Crippen LogP contribution < -0.4 is 10.9 Å². The highest BCUT2D eigenvalue weighted by atomic mass is 15.4. The van der Waals surface area contributed by atoms with Gasteiger partial charge in [0, 0.05) is 0 Å². The van der Waals surface area contributed by atoms with Crippen molar-refractivity contribution < 1.29 is 0 Å².